The van der Waals surface area contributed by atoms with Crippen molar-refractivity contribution < 1.29 is 9.90 Å². The summed E-state index contributed by atoms with van der Waals surface area (Å²) in [6, 6.07) is 15.5. The van der Waals surface area contributed by atoms with Crippen molar-refractivity contribution in [2.24, 2.45) is 0 Å². The van der Waals surface area contributed by atoms with Crippen molar-refractivity contribution in [2.45, 2.75) is 13.0 Å². The van der Waals surface area contributed by atoms with Crippen molar-refractivity contribution in [2.75, 3.05) is 6.54 Å². The van der Waals surface area contributed by atoms with Gasteiger partial charge in [0.05, 0.1) is 5.56 Å². The molecule has 0 amide bonds. The summed E-state index contributed by atoms with van der Waals surface area (Å²) in [5.74, 6) is -0.863. The van der Waals surface area contributed by atoms with Crippen LogP contribution in [0.25, 0.3) is 0 Å². The smallest absolute Gasteiger partial charge is 0.335 e. The molecule has 0 radical (unpaired) electrons. The number of nitrogens with one attached hydrogen (secondary N) is 1. The Morgan fingerprint density at radius 3 is 2.50 bits per heavy atom. The van der Waals surface area contributed by atoms with E-state index in [0.717, 1.165) is 18.7 Å². The highest BCUT2D eigenvalue weighted by Gasteiger charge is 2.07. The predicted octanol–water partition coefficient (Wildman–Crippen LogP) is 3.32. The van der Waals surface area contributed by atoms with Crippen LogP contribution in [0, 0.1) is 3.57 Å². The molecule has 2 aromatic carbocycles. The van der Waals surface area contributed by atoms with Gasteiger partial charge >= 0.3 is 5.97 Å². The van der Waals surface area contributed by atoms with E-state index in [9.17, 15) is 4.79 Å². The minimum Gasteiger partial charge on any atom is -0.478 e. The van der Waals surface area contributed by atoms with E-state index in [2.05, 4.69) is 52.2 Å². The van der Waals surface area contributed by atoms with Crippen LogP contribution >= 0.6 is 22.6 Å². The van der Waals surface area contributed by atoms with Crippen LogP contribution in [0.3, 0.4) is 0 Å². The second-order valence-electron chi connectivity index (χ2n) is 4.52. The van der Waals surface area contributed by atoms with Crippen molar-refractivity contribution in [3.63, 3.8) is 0 Å². The number of hydrogen-bond acceptors (Lipinski definition) is 2. The van der Waals surface area contributed by atoms with E-state index in [4.69, 9.17) is 5.11 Å². The number of carbonyl (C=O) groups is 1. The Balaban J connectivity index is 1.84. The largest absolute Gasteiger partial charge is 0.478 e. The van der Waals surface area contributed by atoms with E-state index in [-0.39, 0.29) is 0 Å². The van der Waals surface area contributed by atoms with Gasteiger partial charge in [0.1, 0.15) is 0 Å². The fraction of sp³-hybridized carbons (Fsp3) is 0.188. The highest BCUT2D eigenvalue weighted by atomic mass is 127. The van der Waals surface area contributed by atoms with E-state index >= 15 is 0 Å². The number of aromatic carboxylic acids is 1. The molecule has 4 heteroatoms. The number of rotatable bonds is 6. The third kappa shape index (κ3) is 4.31. The third-order valence-electron chi connectivity index (χ3n) is 3.06. The topological polar surface area (TPSA) is 49.3 Å². The zero-order chi connectivity index (χ0) is 14.4. The molecule has 104 valence electrons. The summed E-state index contributed by atoms with van der Waals surface area (Å²) in [6.45, 7) is 1.56. The van der Waals surface area contributed by atoms with Gasteiger partial charge in [0.25, 0.3) is 0 Å². The molecule has 2 rings (SSSR count). The zero-order valence-electron chi connectivity index (χ0n) is 11.0. The maximum Gasteiger partial charge on any atom is 0.335 e. The highest BCUT2D eigenvalue weighted by molar-refractivity contribution is 14.1. The molecule has 0 bridgehead atoms. The first-order valence-corrected chi connectivity index (χ1v) is 7.51. The molecule has 0 aliphatic heterocycles. The fourth-order valence-corrected chi connectivity index (χ4v) is 2.36. The lowest BCUT2D eigenvalue weighted by Crippen LogP contribution is -2.17. The van der Waals surface area contributed by atoms with E-state index in [1.54, 1.807) is 12.1 Å². The van der Waals surface area contributed by atoms with Gasteiger partial charge in [0.15, 0.2) is 0 Å². The van der Waals surface area contributed by atoms with Gasteiger partial charge in [-0.3, -0.25) is 0 Å². The Bertz CT molecular complexity index is 581. The van der Waals surface area contributed by atoms with Gasteiger partial charge in [-0.25, -0.2) is 4.79 Å². The Morgan fingerprint density at radius 1 is 1.10 bits per heavy atom. The van der Waals surface area contributed by atoms with Crippen LogP contribution in [-0.4, -0.2) is 17.6 Å². The molecule has 2 aromatic rings. The molecule has 3 nitrogen and oxygen atoms in total. The first kappa shape index (κ1) is 15.0. The van der Waals surface area contributed by atoms with Crippen molar-refractivity contribution >= 4 is 28.6 Å². The summed E-state index contributed by atoms with van der Waals surface area (Å²) >= 11 is 2.28. The van der Waals surface area contributed by atoms with Crippen molar-refractivity contribution in [3.05, 3.63) is 68.8 Å². The summed E-state index contributed by atoms with van der Waals surface area (Å²) in [5.41, 5.74) is 2.50. The van der Waals surface area contributed by atoms with Crippen molar-refractivity contribution in [3.8, 4) is 0 Å². The molecule has 0 fully saturated rings. The van der Waals surface area contributed by atoms with Crippen LogP contribution < -0.4 is 5.32 Å². The van der Waals surface area contributed by atoms with E-state index in [1.165, 1.54) is 9.13 Å². The predicted molar refractivity (Wildman–Crippen MR) is 88.0 cm³/mol. The first-order valence-electron chi connectivity index (χ1n) is 6.43. The Morgan fingerprint density at radius 2 is 1.80 bits per heavy atom. The normalized spacial score (nSPS) is 10.4. The summed E-state index contributed by atoms with van der Waals surface area (Å²) < 4.78 is 1.22. The molecule has 0 aliphatic carbocycles. The molecule has 0 aliphatic rings. The summed E-state index contributed by atoms with van der Waals surface area (Å²) in [5, 5.41) is 12.4. The van der Waals surface area contributed by atoms with Gasteiger partial charge in [-0.2, -0.15) is 0 Å². The molecule has 0 spiro atoms. The summed E-state index contributed by atoms with van der Waals surface area (Å²) in [4.78, 5) is 11.1. The number of benzene rings is 2. The van der Waals surface area contributed by atoms with Gasteiger partial charge in [0, 0.05) is 10.1 Å². The van der Waals surface area contributed by atoms with Crippen LogP contribution in [0.1, 0.15) is 21.5 Å². The number of hydrogen-bond donors (Lipinski definition) is 2. The highest BCUT2D eigenvalue weighted by Crippen LogP contribution is 2.09. The van der Waals surface area contributed by atoms with Crippen molar-refractivity contribution in [1.82, 2.24) is 5.32 Å². The fourth-order valence-electron chi connectivity index (χ4n) is 2.00. The lowest BCUT2D eigenvalue weighted by atomic mass is 10.0. The lowest BCUT2D eigenvalue weighted by molar-refractivity contribution is 0.0695. The molecule has 0 saturated heterocycles. The maximum atomic E-state index is 11.1. The van der Waals surface area contributed by atoms with E-state index in [0.29, 0.717) is 12.0 Å². The molecular formula is C16H16INO2. The van der Waals surface area contributed by atoms with Crippen molar-refractivity contribution in [1.29, 1.82) is 0 Å². The standard InChI is InChI=1S/C16H16INO2/c17-14-7-5-12(6-8-14)11-18-10-9-13-3-1-2-4-15(13)16(19)20/h1-8,18H,9-11H2,(H,19,20). The zero-order valence-corrected chi connectivity index (χ0v) is 13.1. The monoisotopic (exact) mass is 381 g/mol. The average molecular weight is 381 g/mol. The Hall–Kier alpha value is -1.40. The molecule has 0 heterocycles. The number of carboxylic acids is 1. The van der Waals surface area contributed by atoms with Gasteiger partial charge in [-0.1, -0.05) is 30.3 Å². The van der Waals surface area contributed by atoms with Gasteiger partial charge in [-0.15, -0.1) is 0 Å². The number of halogens is 1. The van der Waals surface area contributed by atoms with Gasteiger partial charge in [-0.05, 0) is 64.9 Å². The molecule has 0 unspecified atom stereocenters. The molecule has 20 heavy (non-hydrogen) atoms. The third-order valence-corrected chi connectivity index (χ3v) is 3.78. The Kier molecular flexibility index (Phi) is 5.55. The lowest BCUT2D eigenvalue weighted by Gasteiger charge is -2.07. The molecule has 0 saturated carbocycles. The van der Waals surface area contributed by atoms with E-state index < -0.39 is 5.97 Å². The summed E-state index contributed by atoms with van der Waals surface area (Å²) in [7, 11) is 0. The van der Waals surface area contributed by atoms with Crippen LogP contribution in [-0.2, 0) is 13.0 Å². The SMILES string of the molecule is O=C(O)c1ccccc1CCNCc1ccc(I)cc1. The molecule has 0 atom stereocenters. The summed E-state index contributed by atoms with van der Waals surface area (Å²) in [6.07, 6.45) is 0.715. The average Bonchev–Trinajstić information content (AvgIpc) is 2.46. The second-order valence-corrected chi connectivity index (χ2v) is 5.76. The Labute approximate surface area is 132 Å². The minimum absolute atomic E-state index is 0.392. The van der Waals surface area contributed by atoms with Crippen LogP contribution in [0.2, 0.25) is 0 Å². The number of carboxylic acid groups (broad SMARTS) is 1. The van der Waals surface area contributed by atoms with Gasteiger partial charge in [0.2, 0.25) is 0 Å². The van der Waals surface area contributed by atoms with E-state index in [1.807, 2.05) is 12.1 Å². The van der Waals surface area contributed by atoms with Crippen LogP contribution in [0.5, 0.6) is 0 Å². The molecule has 2 N–H and O–H groups in total. The maximum absolute atomic E-state index is 11.1. The first-order chi connectivity index (χ1) is 9.66. The molecule has 0 aromatic heterocycles. The molecular weight excluding hydrogens is 365 g/mol. The van der Waals surface area contributed by atoms with Crippen LogP contribution in [0.15, 0.2) is 48.5 Å². The quantitative estimate of drug-likeness (QED) is 0.596. The second kappa shape index (κ2) is 7.40. The minimum atomic E-state index is -0.863. The van der Waals surface area contributed by atoms with Gasteiger partial charge < -0.3 is 10.4 Å². The van der Waals surface area contributed by atoms with Crippen LogP contribution in [0.4, 0.5) is 0 Å².